The summed E-state index contributed by atoms with van der Waals surface area (Å²) in [5.74, 6) is 1.24. The molecule has 30 heavy (non-hydrogen) atoms. The molecule has 164 valence electrons. The quantitative estimate of drug-likeness (QED) is 0.270. The van der Waals surface area contributed by atoms with E-state index in [1.54, 1.807) is 12.1 Å². The Kier molecular flexibility index (Phi) is 9.61. The van der Waals surface area contributed by atoms with Crippen LogP contribution in [0.3, 0.4) is 0 Å². The van der Waals surface area contributed by atoms with Gasteiger partial charge in [-0.05, 0) is 43.9 Å². The van der Waals surface area contributed by atoms with Gasteiger partial charge in [0.15, 0.2) is 5.96 Å². The number of hydrogen-bond acceptors (Lipinski definition) is 4. The van der Waals surface area contributed by atoms with Crippen molar-refractivity contribution in [3.63, 3.8) is 0 Å². The molecule has 2 heterocycles. The molecule has 7 nitrogen and oxygen atoms in total. The number of aliphatic imine (C=N–C) groups is 1. The third kappa shape index (κ3) is 6.20. The topological polar surface area (TPSA) is 71.8 Å². The van der Waals surface area contributed by atoms with Gasteiger partial charge in [-0.2, -0.15) is 0 Å². The number of nitrogens with zero attached hydrogens (tertiary/aromatic N) is 4. The van der Waals surface area contributed by atoms with Crippen LogP contribution in [0.5, 0.6) is 0 Å². The molecular formula is C22H32IN5O2. The minimum Gasteiger partial charge on any atom is -0.462 e. The highest BCUT2D eigenvalue weighted by atomic mass is 127. The molecule has 0 bridgehead atoms. The van der Waals surface area contributed by atoms with Gasteiger partial charge < -0.3 is 19.5 Å². The van der Waals surface area contributed by atoms with Crippen molar-refractivity contribution in [2.45, 2.75) is 39.8 Å². The minimum absolute atomic E-state index is 0. The van der Waals surface area contributed by atoms with Gasteiger partial charge in [0, 0.05) is 32.0 Å². The van der Waals surface area contributed by atoms with Crippen molar-refractivity contribution < 1.29 is 9.53 Å². The molecule has 2 aromatic rings. The van der Waals surface area contributed by atoms with E-state index in [1.165, 1.54) is 0 Å². The van der Waals surface area contributed by atoms with E-state index in [0.717, 1.165) is 37.6 Å². The Balaban J connectivity index is 0.00000320. The van der Waals surface area contributed by atoms with Crippen molar-refractivity contribution in [3.05, 3.63) is 54.1 Å². The second kappa shape index (κ2) is 11.9. The van der Waals surface area contributed by atoms with Crippen LogP contribution in [-0.2, 0) is 11.3 Å². The number of esters is 1. The van der Waals surface area contributed by atoms with Gasteiger partial charge in [0.05, 0.1) is 31.1 Å². The number of likely N-dealkylation sites (tertiary alicyclic amines) is 1. The van der Waals surface area contributed by atoms with Gasteiger partial charge >= 0.3 is 5.97 Å². The lowest BCUT2D eigenvalue weighted by Crippen LogP contribution is -2.49. The molecule has 0 amide bonds. The molecule has 3 rings (SSSR count). The first-order valence-corrected chi connectivity index (χ1v) is 10.4. The highest BCUT2D eigenvalue weighted by Crippen LogP contribution is 2.27. The molecule has 0 aliphatic carbocycles. The summed E-state index contributed by atoms with van der Waals surface area (Å²) in [4.78, 5) is 23.2. The highest BCUT2D eigenvalue weighted by Gasteiger charge is 2.28. The Hall–Kier alpha value is -2.10. The largest absolute Gasteiger partial charge is 0.462 e. The Labute approximate surface area is 195 Å². The molecule has 8 heteroatoms. The standard InChI is InChI=1S/C22H31N5O2.HI/c1-4-24-22(25-14-18-6-8-19(9-7-18)21(28)29-5-2)26-12-10-17(3)20(15-26)27-13-11-23-16-27;/h6-9,11,13,16-17,20H,4-5,10,12,14-15H2,1-3H3,(H,24,25);1H. The average Bonchev–Trinajstić information content (AvgIpc) is 3.27. The SMILES string of the molecule is CCNC(=NCc1ccc(C(=O)OCC)cc1)N1CCC(C)C(n2ccnc2)C1.I. The fourth-order valence-electron chi connectivity index (χ4n) is 3.65. The van der Waals surface area contributed by atoms with Gasteiger partial charge in [-0.3, -0.25) is 0 Å². The third-order valence-electron chi connectivity index (χ3n) is 5.34. The van der Waals surface area contributed by atoms with E-state index in [1.807, 2.05) is 37.8 Å². The van der Waals surface area contributed by atoms with Gasteiger partial charge in [-0.15, -0.1) is 24.0 Å². The summed E-state index contributed by atoms with van der Waals surface area (Å²) in [6.45, 7) is 9.86. The van der Waals surface area contributed by atoms with E-state index in [4.69, 9.17) is 9.73 Å². The number of halogens is 1. The second-order valence-electron chi connectivity index (χ2n) is 7.38. The summed E-state index contributed by atoms with van der Waals surface area (Å²) in [5.41, 5.74) is 1.63. The fraction of sp³-hybridized carbons (Fsp3) is 0.500. The summed E-state index contributed by atoms with van der Waals surface area (Å²) >= 11 is 0. The van der Waals surface area contributed by atoms with E-state index < -0.39 is 0 Å². The predicted molar refractivity (Wildman–Crippen MR) is 129 cm³/mol. The van der Waals surface area contributed by atoms with Gasteiger partial charge in [0.2, 0.25) is 0 Å². The molecule has 1 aliphatic rings. The van der Waals surface area contributed by atoms with Crippen LogP contribution in [-0.4, -0.2) is 52.6 Å². The number of guanidine groups is 1. The van der Waals surface area contributed by atoms with Crippen LogP contribution in [0, 0.1) is 5.92 Å². The third-order valence-corrected chi connectivity index (χ3v) is 5.34. The number of hydrogen-bond donors (Lipinski definition) is 1. The lowest BCUT2D eigenvalue weighted by atomic mass is 9.93. The van der Waals surface area contributed by atoms with Gasteiger partial charge in [-0.25, -0.2) is 14.8 Å². The van der Waals surface area contributed by atoms with Crippen molar-refractivity contribution in [2.24, 2.45) is 10.9 Å². The molecule has 1 N–H and O–H groups in total. The Bertz CT molecular complexity index is 807. The van der Waals surface area contributed by atoms with E-state index in [2.05, 4.69) is 33.6 Å². The van der Waals surface area contributed by atoms with Crippen molar-refractivity contribution in [3.8, 4) is 0 Å². The maximum atomic E-state index is 11.8. The summed E-state index contributed by atoms with van der Waals surface area (Å²) in [6, 6.07) is 7.86. The maximum Gasteiger partial charge on any atom is 0.338 e. The number of carbonyl (C=O) groups excluding carboxylic acids is 1. The first-order valence-electron chi connectivity index (χ1n) is 10.4. The lowest BCUT2D eigenvalue weighted by Gasteiger charge is -2.39. The second-order valence-corrected chi connectivity index (χ2v) is 7.38. The summed E-state index contributed by atoms with van der Waals surface area (Å²) in [5, 5.41) is 3.43. The van der Waals surface area contributed by atoms with Crippen LogP contribution in [0.15, 0.2) is 48.0 Å². The normalized spacial score (nSPS) is 19.2. The number of imidazole rings is 1. The van der Waals surface area contributed by atoms with Gasteiger partial charge in [0.1, 0.15) is 0 Å². The zero-order valence-corrected chi connectivity index (χ0v) is 20.3. The average molecular weight is 525 g/mol. The number of piperidine rings is 1. The molecule has 1 aromatic carbocycles. The molecular weight excluding hydrogens is 493 g/mol. The zero-order chi connectivity index (χ0) is 20.6. The zero-order valence-electron chi connectivity index (χ0n) is 18.0. The number of aromatic nitrogens is 2. The van der Waals surface area contributed by atoms with Crippen molar-refractivity contribution in [1.29, 1.82) is 0 Å². The molecule has 1 saturated heterocycles. The first kappa shape index (κ1) is 24.2. The van der Waals surface area contributed by atoms with Gasteiger partial charge in [-0.1, -0.05) is 19.1 Å². The molecule has 0 spiro atoms. The van der Waals surface area contributed by atoms with E-state index in [0.29, 0.717) is 30.7 Å². The lowest BCUT2D eigenvalue weighted by molar-refractivity contribution is 0.0526. The Morgan fingerprint density at radius 3 is 2.70 bits per heavy atom. The predicted octanol–water partition coefficient (Wildman–Crippen LogP) is 3.73. The van der Waals surface area contributed by atoms with Crippen LogP contribution >= 0.6 is 24.0 Å². The molecule has 0 saturated carbocycles. The number of nitrogens with one attached hydrogen (secondary N) is 1. The monoisotopic (exact) mass is 525 g/mol. The van der Waals surface area contributed by atoms with Crippen molar-refractivity contribution >= 4 is 35.9 Å². The van der Waals surface area contributed by atoms with Crippen LogP contribution < -0.4 is 5.32 Å². The van der Waals surface area contributed by atoms with Crippen LogP contribution in [0.2, 0.25) is 0 Å². The van der Waals surface area contributed by atoms with E-state index in [-0.39, 0.29) is 29.9 Å². The molecule has 1 fully saturated rings. The molecule has 2 atom stereocenters. The van der Waals surface area contributed by atoms with Gasteiger partial charge in [0.25, 0.3) is 0 Å². The number of carbonyl (C=O) groups is 1. The first-order chi connectivity index (χ1) is 14.1. The smallest absolute Gasteiger partial charge is 0.338 e. The Morgan fingerprint density at radius 2 is 2.07 bits per heavy atom. The van der Waals surface area contributed by atoms with E-state index >= 15 is 0 Å². The minimum atomic E-state index is -0.288. The van der Waals surface area contributed by atoms with Crippen LogP contribution in [0.25, 0.3) is 0 Å². The van der Waals surface area contributed by atoms with Crippen molar-refractivity contribution in [2.75, 3.05) is 26.2 Å². The number of ether oxygens (including phenoxy) is 1. The van der Waals surface area contributed by atoms with Crippen molar-refractivity contribution in [1.82, 2.24) is 19.8 Å². The number of rotatable bonds is 6. The molecule has 0 radical (unpaired) electrons. The van der Waals surface area contributed by atoms with Crippen LogP contribution in [0.4, 0.5) is 0 Å². The molecule has 2 unspecified atom stereocenters. The molecule has 1 aromatic heterocycles. The summed E-state index contributed by atoms with van der Waals surface area (Å²) in [7, 11) is 0. The van der Waals surface area contributed by atoms with E-state index in [9.17, 15) is 4.79 Å². The summed E-state index contributed by atoms with van der Waals surface area (Å²) < 4.78 is 7.24. The fourth-order valence-corrected chi connectivity index (χ4v) is 3.65. The highest BCUT2D eigenvalue weighted by molar-refractivity contribution is 14.0. The Morgan fingerprint density at radius 1 is 1.30 bits per heavy atom. The maximum absolute atomic E-state index is 11.8. The molecule has 1 aliphatic heterocycles. The summed E-state index contributed by atoms with van der Waals surface area (Å²) in [6.07, 6.45) is 6.89. The number of benzene rings is 1. The van der Waals surface area contributed by atoms with Crippen LogP contribution in [0.1, 0.15) is 49.2 Å².